The molecule has 0 fully saturated rings. The third-order valence-corrected chi connectivity index (χ3v) is 3.12. The quantitative estimate of drug-likeness (QED) is 0.686. The van der Waals surface area contributed by atoms with Crippen molar-refractivity contribution in [3.05, 3.63) is 74.7 Å². The van der Waals surface area contributed by atoms with E-state index in [2.05, 4.69) is 4.98 Å². The smallest absolute Gasteiger partial charge is 0.259 e. The number of aromatic nitrogens is 1. The van der Waals surface area contributed by atoms with Crippen LogP contribution in [0.2, 0.25) is 0 Å². The minimum absolute atomic E-state index is 0.207. The van der Waals surface area contributed by atoms with E-state index in [0.29, 0.717) is 5.56 Å². The standard InChI is InChI=1S/C17H17NO2/c1-11-4-6-14(7-5-11)8-9-15(19)16-12(2)10-13(3)18-17(16)20/h4-10H,1-3H3,(H,18,20)/b9-8-. The molecule has 1 N–H and O–H groups in total. The molecule has 2 rings (SSSR count). The first kappa shape index (κ1) is 14.0. The molecule has 102 valence electrons. The summed E-state index contributed by atoms with van der Waals surface area (Å²) in [6.45, 7) is 5.58. The zero-order valence-corrected chi connectivity index (χ0v) is 11.9. The highest BCUT2D eigenvalue weighted by molar-refractivity contribution is 6.07. The molecule has 0 saturated heterocycles. The van der Waals surface area contributed by atoms with Crippen molar-refractivity contribution in [3.63, 3.8) is 0 Å². The van der Waals surface area contributed by atoms with Gasteiger partial charge >= 0.3 is 0 Å². The van der Waals surface area contributed by atoms with Crippen LogP contribution in [0.5, 0.6) is 0 Å². The van der Waals surface area contributed by atoms with Crippen molar-refractivity contribution in [2.24, 2.45) is 0 Å². The van der Waals surface area contributed by atoms with Crippen LogP contribution in [0, 0.1) is 20.8 Å². The lowest BCUT2D eigenvalue weighted by Crippen LogP contribution is -2.19. The number of rotatable bonds is 3. The first-order valence-electron chi connectivity index (χ1n) is 6.47. The molecule has 0 radical (unpaired) electrons. The first-order chi connectivity index (χ1) is 9.47. The number of ketones is 1. The predicted molar refractivity (Wildman–Crippen MR) is 81.1 cm³/mol. The molecule has 0 spiro atoms. The molecule has 1 aromatic heterocycles. The molecule has 1 aromatic carbocycles. The Morgan fingerprint density at radius 3 is 2.35 bits per heavy atom. The van der Waals surface area contributed by atoms with E-state index < -0.39 is 0 Å². The Morgan fingerprint density at radius 1 is 1.10 bits per heavy atom. The normalized spacial score (nSPS) is 10.9. The Labute approximate surface area is 118 Å². The van der Waals surface area contributed by atoms with Gasteiger partial charge in [0.05, 0.1) is 5.56 Å². The highest BCUT2D eigenvalue weighted by Crippen LogP contribution is 2.08. The van der Waals surface area contributed by atoms with E-state index in [0.717, 1.165) is 11.3 Å². The Hall–Kier alpha value is -2.42. The molecule has 0 bridgehead atoms. The topological polar surface area (TPSA) is 49.9 Å². The number of hydrogen-bond donors (Lipinski definition) is 1. The molecular weight excluding hydrogens is 250 g/mol. The molecule has 3 heteroatoms. The summed E-state index contributed by atoms with van der Waals surface area (Å²) >= 11 is 0. The second kappa shape index (κ2) is 5.70. The van der Waals surface area contributed by atoms with Gasteiger partial charge in [-0.25, -0.2) is 0 Å². The second-order valence-electron chi connectivity index (χ2n) is 4.95. The maximum atomic E-state index is 12.1. The van der Waals surface area contributed by atoms with Gasteiger partial charge in [0, 0.05) is 5.69 Å². The van der Waals surface area contributed by atoms with Crippen LogP contribution in [-0.2, 0) is 0 Å². The van der Waals surface area contributed by atoms with Gasteiger partial charge in [-0.15, -0.1) is 0 Å². The number of benzene rings is 1. The highest BCUT2D eigenvalue weighted by Gasteiger charge is 2.11. The van der Waals surface area contributed by atoms with E-state index in [1.165, 1.54) is 11.6 Å². The number of pyridine rings is 1. The molecule has 0 unspecified atom stereocenters. The van der Waals surface area contributed by atoms with Crippen molar-refractivity contribution < 1.29 is 4.79 Å². The fourth-order valence-corrected chi connectivity index (χ4v) is 2.09. The Kier molecular flexibility index (Phi) is 3.99. The van der Waals surface area contributed by atoms with Crippen LogP contribution >= 0.6 is 0 Å². The van der Waals surface area contributed by atoms with E-state index in [1.807, 2.05) is 31.2 Å². The van der Waals surface area contributed by atoms with Crippen molar-refractivity contribution in [3.8, 4) is 0 Å². The maximum absolute atomic E-state index is 12.1. The van der Waals surface area contributed by atoms with Crippen LogP contribution in [0.1, 0.15) is 32.7 Å². The van der Waals surface area contributed by atoms with Gasteiger partial charge in [-0.3, -0.25) is 9.59 Å². The SMILES string of the molecule is Cc1ccc(/C=C\C(=O)c2c(C)cc(C)[nH]c2=O)cc1. The fourth-order valence-electron chi connectivity index (χ4n) is 2.09. The molecule has 3 nitrogen and oxygen atoms in total. The number of aryl methyl sites for hydroxylation is 3. The zero-order chi connectivity index (χ0) is 14.7. The van der Waals surface area contributed by atoms with Crippen molar-refractivity contribution in [1.29, 1.82) is 0 Å². The van der Waals surface area contributed by atoms with Crippen molar-refractivity contribution >= 4 is 11.9 Å². The molecule has 0 amide bonds. The minimum Gasteiger partial charge on any atom is -0.326 e. The zero-order valence-electron chi connectivity index (χ0n) is 11.9. The number of nitrogens with one attached hydrogen (secondary N) is 1. The van der Waals surface area contributed by atoms with E-state index >= 15 is 0 Å². The summed E-state index contributed by atoms with van der Waals surface area (Å²) in [4.78, 5) is 26.6. The van der Waals surface area contributed by atoms with Gasteiger partial charge < -0.3 is 4.98 Å². The van der Waals surface area contributed by atoms with Crippen molar-refractivity contribution in [2.75, 3.05) is 0 Å². The number of allylic oxidation sites excluding steroid dienone is 1. The number of H-pyrrole nitrogens is 1. The van der Waals surface area contributed by atoms with E-state index in [-0.39, 0.29) is 16.9 Å². The van der Waals surface area contributed by atoms with Gasteiger partial charge in [-0.05, 0) is 44.0 Å². The summed E-state index contributed by atoms with van der Waals surface area (Å²) in [5.41, 5.74) is 3.43. The van der Waals surface area contributed by atoms with Crippen LogP contribution in [0.4, 0.5) is 0 Å². The predicted octanol–water partition coefficient (Wildman–Crippen LogP) is 3.20. The number of aromatic amines is 1. The van der Waals surface area contributed by atoms with Crippen LogP contribution < -0.4 is 5.56 Å². The lowest BCUT2D eigenvalue weighted by Gasteiger charge is -2.02. The number of carbonyl (C=O) groups is 1. The van der Waals surface area contributed by atoms with Gasteiger partial charge in [0.2, 0.25) is 0 Å². The molecule has 20 heavy (non-hydrogen) atoms. The van der Waals surface area contributed by atoms with Crippen LogP contribution in [-0.4, -0.2) is 10.8 Å². The Morgan fingerprint density at radius 2 is 1.75 bits per heavy atom. The first-order valence-corrected chi connectivity index (χ1v) is 6.47. The Balaban J connectivity index is 2.29. The van der Waals surface area contributed by atoms with Gasteiger partial charge in [0.1, 0.15) is 0 Å². The van der Waals surface area contributed by atoms with Crippen molar-refractivity contribution in [2.45, 2.75) is 20.8 Å². The Bertz CT molecular complexity index is 722. The van der Waals surface area contributed by atoms with Gasteiger partial charge in [0.25, 0.3) is 5.56 Å². The molecule has 1 heterocycles. The van der Waals surface area contributed by atoms with E-state index in [1.54, 1.807) is 26.0 Å². The fraction of sp³-hybridized carbons (Fsp3) is 0.176. The third-order valence-electron chi connectivity index (χ3n) is 3.12. The summed E-state index contributed by atoms with van der Waals surface area (Å²) < 4.78 is 0. The van der Waals surface area contributed by atoms with Crippen LogP contribution in [0.25, 0.3) is 6.08 Å². The van der Waals surface area contributed by atoms with E-state index in [9.17, 15) is 9.59 Å². The minimum atomic E-state index is -0.332. The highest BCUT2D eigenvalue weighted by atomic mass is 16.1. The molecular formula is C17H17NO2. The van der Waals surface area contributed by atoms with Crippen LogP contribution in [0.3, 0.4) is 0 Å². The molecule has 0 aliphatic carbocycles. The molecule has 2 aromatic rings. The number of hydrogen-bond acceptors (Lipinski definition) is 2. The van der Waals surface area contributed by atoms with Gasteiger partial charge in [-0.1, -0.05) is 35.9 Å². The number of carbonyl (C=O) groups excluding carboxylic acids is 1. The molecule has 0 atom stereocenters. The lowest BCUT2D eigenvalue weighted by atomic mass is 10.0. The summed E-state index contributed by atoms with van der Waals surface area (Å²) in [6.07, 6.45) is 3.16. The van der Waals surface area contributed by atoms with Crippen molar-refractivity contribution in [1.82, 2.24) is 4.98 Å². The summed E-state index contributed by atoms with van der Waals surface area (Å²) in [7, 11) is 0. The molecule has 0 saturated carbocycles. The average molecular weight is 267 g/mol. The summed E-state index contributed by atoms with van der Waals surface area (Å²) in [5.74, 6) is -0.274. The second-order valence-corrected chi connectivity index (χ2v) is 4.95. The average Bonchev–Trinajstić information content (AvgIpc) is 2.37. The van der Waals surface area contributed by atoms with Gasteiger partial charge in [-0.2, -0.15) is 0 Å². The van der Waals surface area contributed by atoms with Gasteiger partial charge in [0.15, 0.2) is 5.78 Å². The monoisotopic (exact) mass is 267 g/mol. The third kappa shape index (κ3) is 3.12. The summed E-state index contributed by atoms with van der Waals surface area (Å²) in [5, 5.41) is 0. The molecule has 0 aliphatic heterocycles. The molecule has 0 aliphatic rings. The lowest BCUT2D eigenvalue weighted by molar-refractivity contribution is 0.104. The largest absolute Gasteiger partial charge is 0.326 e. The van der Waals surface area contributed by atoms with E-state index in [4.69, 9.17) is 0 Å². The maximum Gasteiger partial charge on any atom is 0.259 e. The van der Waals surface area contributed by atoms with Crippen LogP contribution in [0.15, 0.2) is 41.2 Å². The summed E-state index contributed by atoms with van der Waals surface area (Å²) in [6, 6.07) is 9.63.